The highest BCUT2D eigenvalue weighted by Crippen LogP contribution is 2.36. The molecule has 0 N–H and O–H groups in total. The second kappa shape index (κ2) is 9.31. The molecule has 1 nitrogen and oxygen atoms in total. The Morgan fingerprint density at radius 3 is 1.10 bits per heavy atom. The Kier molecular flexibility index (Phi) is 6.79. The average Bonchev–Trinajstić information content (AvgIpc) is 2.74. The van der Waals surface area contributed by atoms with Gasteiger partial charge in [-0.05, 0) is 77.3 Å². The van der Waals surface area contributed by atoms with Crippen molar-refractivity contribution in [3.63, 3.8) is 0 Å². The Labute approximate surface area is 177 Å². The van der Waals surface area contributed by atoms with Crippen molar-refractivity contribution in [1.82, 2.24) is 0 Å². The van der Waals surface area contributed by atoms with Gasteiger partial charge in [0.1, 0.15) is 0 Å². The summed E-state index contributed by atoms with van der Waals surface area (Å²) in [5.74, 6) is 1.67. The van der Waals surface area contributed by atoms with Gasteiger partial charge in [-0.3, -0.25) is 0 Å². The highest BCUT2D eigenvalue weighted by Gasteiger charge is 2.14. The smallest absolute Gasteiger partial charge is 0.0461 e. The fraction of sp³-hybridized carbons (Fsp3) is 0.357. The summed E-state index contributed by atoms with van der Waals surface area (Å²) in [6, 6.07) is 27.1. The van der Waals surface area contributed by atoms with Crippen molar-refractivity contribution in [3.8, 4) is 0 Å². The SMILES string of the molecule is CCC(C)c1ccc(N(c2ccc(C(C)C)cc2)c2ccc(C(C)C)cc2)cc1. The van der Waals surface area contributed by atoms with Gasteiger partial charge in [0, 0.05) is 17.1 Å². The van der Waals surface area contributed by atoms with Crippen LogP contribution in [-0.2, 0) is 0 Å². The van der Waals surface area contributed by atoms with Crippen molar-refractivity contribution in [2.75, 3.05) is 4.90 Å². The van der Waals surface area contributed by atoms with Crippen LogP contribution in [0.1, 0.15) is 82.4 Å². The Bertz CT molecular complexity index is 835. The molecule has 152 valence electrons. The van der Waals surface area contributed by atoms with Gasteiger partial charge in [0.25, 0.3) is 0 Å². The molecule has 0 bridgehead atoms. The zero-order valence-electron chi connectivity index (χ0n) is 18.8. The maximum Gasteiger partial charge on any atom is 0.0461 e. The summed E-state index contributed by atoms with van der Waals surface area (Å²) in [4.78, 5) is 2.36. The van der Waals surface area contributed by atoms with Gasteiger partial charge in [0.15, 0.2) is 0 Å². The molecule has 1 heteroatoms. The molecule has 0 amide bonds. The molecule has 0 saturated heterocycles. The molecular weight excluding hydrogens is 350 g/mol. The lowest BCUT2D eigenvalue weighted by molar-refractivity contribution is 0.733. The fourth-order valence-corrected chi connectivity index (χ4v) is 3.65. The van der Waals surface area contributed by atoms with Crippen molar-refractivity contribution in [1.29, 1.82) is 0 Å². The Morgan fingerprint density at radius 1 is 0.517 bits per heavy atom. The van der Waals surface area contributed by atoms with Crippen LogP contribution in [0.5, 0.6) is 0 Å². The minimum absolute atomic E-state index is 0.539. The standard InChI is InChI=1S/C28H35N/c1-7-22(6)25-12-18-28(19-13-25)29(26-14-8-23(9-15-26)20(2)3)27-16-10-24(11-17-27)21(4)5/h8-22H,7H2,1-6H3. The topological polar surface area (TPSA) is 3.24 Å². The van der Waals surface area contributed by atoms with Crippen LogP contribution in [0.25, 0.3) is 0 Å². The van der Waals surface area contributed by atoms with Crippen LogP contribution in [-0.4, -0.2) is 0 Å². The van der Waals surface area contributed by atoms with Crippen molar-refractivity contribution in [2.45, 2.75) is 65.7 Å². The van der Waals surface area contributed by atoms with Crippen molar-refractivity contribution in [2.24, 2.45) is 0 Å². The lowest BCUT2D eigenvalue weighted by atomic mass is 9.98. The normalized spacial score (nSPS) is 12.4. The summed E-state index contributed by atoms with van der Waals surface area (Å²) in [5, 5.41) is 0. The van der Waals surface area contributed by atoms with Crippen LogP contribution in [0.15, 0.2) is 72.8 Å². The summed E-state index contributed by atoms with van der Waals surface area (Å²) in [5.41, 5.74) is 7.74. The third-order valence-corrected chi connectivity index (χ3v) is 5.97. The lowest BCUT2D eigenvalue weighted by Crippen LogP contribution is -2.10. The van der Waals surface area contributed by atoms with E-state index in [-0.39, 0.29) is 0 Å². The minimum atomic E-state index is 0.539. The largest absolute Gasteiger partial charge is 0.311 e. The summed E-state index contributed by atoms with van der Waals surface area (Å²) in [6.07, 6.45) is 1.16. The minimum Gasteiger partial charge on any atom is -0.311 e. The van der Waals surface area contributed by atoms with E-state index < -0.39 is 0 Å². The molecule has 1 atom stereocenters. The van der Waals surface area contributed by atoms with Crippen LogP contribution in [0.3, 0.4) is 0 Å². The molecule has 1 unspecified atom stereocenters. The van der Waals surface area contributed by atoms with Gasteiger partial charge < -0.3 is 4.90 Å². The first-order chi connectivity index (χ1) is 13.9. The quantitative estimate of drug-likeness (QED) is 0.392. The number of rotatable bonds is 7. The molecule has 3 aromatic carbocycles. The number of anilines is 3. The summed E-state index contributed by atoms with van der Waals surface area (Å²) < 4.78 is 0. The van der Waals surface area contributed by atoms with E-state index >= 15 is 0 Å². The Morgan fingerprint density at radius 2 is 0.828 bits per heavy atom. The van der Waals surface area contributed by atoms with E-state index in [1.54, 1.807) is 0 Å². The van der Waals surface area contributed by atoms with Crippen LogP contribution in [0.2, 0.25) is 0 Å². The maximum atomic E-state index is 2.36. The third-order valence-electron chi connectivity index (χ3n) is 5.97. The van der Waals surface area contributed by atoms with Crippen LogP contribution in [0.4, 0.5) is 17.1 Å². The average molecular weight is 386 g/mol. The zero-order valence-corrected chi connectivity index (χ0v) is 18.8. The molecule has 0 fully saturated rings. The first kappa shape index (κ1) is 21.2. The summed E-state index contributed by atoms with van der Waals surface area (Å²) >= 11 is 0. The molecule has 0 spiro atoms. The number of nitrogens with zero attached hydrogens (tertiary/aromatic N) is 1. The van der Waals surface area contributed by atoms with Crippen molar-refractivity contribution >= 4 is 17.1 Å². The molecule has 29 heavy (non-hydrogen) atoms. The molecule has 0 saturated carbocycles. The van der Waals surface area contributed by atoms with Crippen LogP contribution in [0, 0.1) is 0 Å². The van der Waals surface area contributed by atoms with E-state index in [9.17, 15) is 0 Å². The van der Waals surface area contributed by atoms with E-state index in [0.717, 1.165) is 6.42 Å². The van der Waals surface area contributed by atoms with Crippen LogP contribution < -0.4 is 4.90 Å². The molecule has 0 heterocycles. The molecular formula is C28H35N. The van der Waals surface area contributed by atoms with Gasteiger partial charge in [-0.15, -0.1) is 0 Å². The van der Waals surface area contributed by atoms with Gasteiger partial charge in [-0.25, -0.2) is 0 Å². The van der Waals surface area contributed by atoms with Gasteiger partial charge in [-0.1, -0.05) is 77.9 Å². The highest BCUT2D eigenvalue weighted by atomic mass is 15.1. The number of hydrogen-bond donors (Lipinski definition) is 0. The van der Waals surface area contributed by atoms with E-state index in [2.05, 4.69) is 119 Å². The van der Waals surface area contributed by atoms with E-state index in [1.165, 1.54) is 33.8 Å². The van der Waals surface area contributed by atoms with Crippen molar-refractivity contribution in [3.05, 3.63) is 89.5 Å². The van der Waals surface area contributed by atoms with Gasteiger partial charge >= 0.3 is 0 Å². The molecule has 0 aliphatic heterocycles. The van der Waals surface area contributed by atoms with Gasteiger partial charge in [-0.2, -0.15) is 0 Å². The number of hydrogen-bond acceptors (Lipinski definition) is 1. The van der Waals surface area contributed by atoms with E-state index in [1.807, 2.05) is 0 Å². The monoisotopic (exact) mass is 385 g/mol. The first-order valence-corrected chi connectivity index (χ1v) is 11.0. The molecule has 0 aliphatic rings. The fourth-order valence-electron chi connectivity index (χ4n) is 3.65. The summed E-state index contributed by atoms with van der Waals surface area (Å²) in [7, 11) is 0. The molecule has 0 aliphatic carbocycles. The molecule has 0 aromatic heterocycles. The third kappa shape index (κ3) is 4.90. The van der Waals surface area contributed by atoms with Gasteiger partial charge in [0.05, 0.1) is 0 Å². The predicted molar refractivity (Wildman–Crippen MR) is 128 cm³/mol. The van der Waals surface area contributed by atoms with Crippen LogP contribution >= 0.6 is 0 Å². The molecule has 0 radical (unpaired) electrons. The van der Waals surface area contributed by atoms with E-state index in [4.69, 9.17) is 0 Å². The second-order valence-corrected chi connectivity index (χ2v) is 8.73. The molecule has 3 rings (SSSR count). The number of benzene rings is 3. The maximum absolute atomic E-state index is 2.36. The van der Waals surface area contributed by atoms with Crippen molar-refractivity contribution < 1.29 is 0 Å². The highest BCUT2D eigenvalue weighted by molar-refractivity contribution is 5.76. The lowest BCUT2D eigenvalue weighted by Gasteiger charge is -2.27. The molecule has 3 aromatic rings. The predicted octanol–water partition coefficient (Wildman–Crippen LogP) is 8.92. The Hall–Kier alpha value is -2.54. The van der Waals surface area contributed by atoms with Gasteiger partial charge in [0.2, 0.25) is 0 Å². The Balaban J connectivity index is 2.03. The summed E-state index contributed by atoms with van der Waals surface area (Å²) in [6.45, 7) is 13.5. The van der Waals surface area contributed by atoms with E-state index in [0.29, 0.717) is 17.8 Å². The zero-order chi connectivity index (χ0) is 21.0. The second-order valence-electron chi connectivity index (χ2n) is 8.73. The first-order valence-electron chi connectivity index (χ1n) is 11.0.